The first-order valence-corrected chi connectivity index (χ1v) is 11.7. The van der Waals surface area contributed by atoms with Crippen LogP contribution in [-0.4, -0.2) is 35.7 Å². The average Bonchev–Trinajstić information content (AvgIpc) is 2.85. The lowest BCUT2D eigenvalue weighted by molar-refractivity contribution is -0.123. The predicted molar refractivity (Wildman–Crippen MR) is 131 cm³/mol. The molecule has 32 heavy (non-hydrogen) atoms. The second-order valence-corrected chi connectivity index (χ2v) is 8.53. The first kappa shape index (κ1) is 22.0. The monoisotopic (exact) mass is 428 g/mol. The van der Waals surface area contributed by atoms with E-state index in [1.165, 1.54) is 5.56 Å². The van der Waals surface area contributed by atoms with E-state index in [-0.39, 0.29) is 11.8 Å². The van der Waals surface area contributed by atoms with Crippen LogP contribution in [0.3, 0.4) is 0 Å². The lowest BCUT2D eigenvalue weighted by Crippen LogP contribution is -2.43. The molecule has 5 nitrogen and oxygen atoms in total. The van der Waals surface area contributed by atoms with Crippen molar-refractivity contribution in [1.29, 1.82) is 0 Å². The standard InChI is InChI=1S/C27H32N4O/c1-3-4-18-31(23-11-6-5-7-12-23)27(32)22-16-19-30(20-17-22)26-15-14-25(28-29-26)24-13-9-8-10-21(24)2/h5-15,22H,3-4,16-20H2,1-2H3. The van der Waals surface area contributed by atoms with E-state index in [1.807, 2.05) is 53.4 Å². The number of unbranched alkanes of at least 4 members (excludes halogenated alkanes) is 1. The molecule has 0 N–H and O–H groups in total. The van der Waals surface area contributed by atoms with Crippen LogP contribution in [0.25, 0.3) is 11.3 Å². The van der Waals surface area contributed by atoms with Gasteiger partial charge in [0, 0.05) is 36.8 Å². The van der Waals surface area contributed by atoms with Gasteiger partial charge in [0.05, 0.1) is 5.69 Å². The zero-order valence-electron chi connectivity index (χ0n) is 19.1. The van der Waals surface area contributed by atoms with Crippen LogP contribution in [0.4, 0.5) is 11.5 Å². The van der Waals surface area contributed by atoms with Crippen molar-refractivity contribution >= 4 is 17.4 Å². The fraction of sp³-hybridized carbons (Fsp3) is 0.370. The molecular formula is C27H32N4O. The van der Waals surface area contributed by atoms with E-state index in [0.717, 1.165) is 68.1 Å². The van der Waals surface area contributed by atoms with Gasteiger partial charge in [0.15, 0.2) is 5.82 Å². The van der Waals surface area contributed by atoms with Crippen LogP contribution in [0.1, 0.15) is 38.2 Å². The van der Waals surface area contributed by atoms with Crippen LogP contribution in [0.2, 0.25) is 0 Å². The summed E-state index contributed by atoms with van der Waals surface area (Å²) in [5, 5.41) is 8.97. The summed E-state index contributed by atoms with van der Waals surface area (Å²) in [6.45, 7) is 6.69. The molecule has 1 amide bonds. The Morgan fingerprint density at radius 1 is 0.969 bits per heavy atom. The van der Waals surface area contributed by atoms with Gasteiger partial charge < -0.3 is 9.80 Å². The molecule has 5 heteroatoms. The number of aromatic nitrogens is 2. The number of hydrogen-bond acceptors (Lipinski definition) is 4. The highest BCUT2D eigenvalue weighted by Gasteiger charge is 2.29. The number of benzene rings is 2. The van der Waals surface area contributed by atoms with E-state index < -0.39 is 0 Å². The third-order valence-corrected chi connectivity index (χ3v) is 6.31. The molecule has 1 aromatic heterocycles. The molecule has 1 saturated heterocycles. The van der Waals surface area contributed by atoms with E-state index in [2.05, 4.69) is 47.1 Å². The van der Waals surface area contributed by atoms with Crippen LogP contribution >= 0.6 is 0 Å². The molecule has 166 valence electrons. The SMILES string of the molecule is CCCCN(C(=O)C1CCN(c2ccc(-c3ccccc3C)nn2)CC1)c1ccccc1. The summed E-state index contributed by atoms with van der Waals surface area (Å²) in [6, 6.07) is 22.4. The third-order valence-electron chi connectivity index (χ3n) is 6.31. The maximum absolute atomic E-state index is 13.4. The molecule has 1 aliphatic heterocycles. The molecule has 1 aliphatic rings. The molecule has 0 radical (unpaired) electrons. The quantitative estimate of drug-likeness (QED) is 0.498. The molecule has 2 heterocycles. The van der Waals surface area contributed by atoms with Crippen LogP contribution in [0.15, 0.2) is 66.7 Å². The number of carbonyl (C=O) groups excluding carboxylic acids is 1. The van der Waals surface area contributed by atoms with Gasteiger partial charge in [-0.05, 0) is 56.0 Å². The summed E-state index contributed by atoms with van der Waals surface area (Å²) in [7, 11) is 0. The molecule has 0 spiro atoms. The van der Waals surface area contributed by atoms with Gasteiger partial charge in [-0.2, -0.15) is 0 Å². The fourth-order valence-corrected chi connectivity index (χ4v) is 4.36. The highest BCUT2D eigenvalue weighted by Crippen LogP contribution is 2.27. The van der Waals surface area contributed by atoms with Crippen LogP contribution in [0.5, 0.6) is 0 Å². The second-order valence-electron chi connectivity index (χ2n) is 8.53. The van der Waals surface area contributed by atoms with Crippen molar-refractivity contribution in [3.05, 3.63) is 72.3 Å². The zero-order chi connectivity index (χ0) is 22.3. The minimum atomic E-state index is 0.0579. The summed E-state index contributed by atoms with van der Waals surface area (Å²) < 4.78 is 0. The highest BCUT2D eigenvalue weighted by atomic mass is 16.2. The molecule has 3 aromatic rings. The lowest BCUT2D eigenvalue weighted by atomic mass is 9.94. The molecule has 0 atom stereocenters. The normalized spacial score (nSPS) is 14.4. The number of anilines is 2. The number of rotatable bonds is 7. The summed E-state index contributed by atoms with van der Waals surface area (Å²) in [5.41, 5.74) is 4.21. The van der Waals surface area contributed by atoms with Gasteiger partial charge in [0.2, 0.25) is 5.91 Å². The Labute approximate surface area is 191 Å². The highest BCUT2D eigenvalue weighted by molar-refractivity contribution is 5.95. The molecule has 0 saturated carbocycles. The predicted octanol–water partition coefficient (Wildman–Crippen LogP) is 5.50. The minimum Gasteiger partial charge on any atom is -0.355 e. The summed E-state index contributed by atoms with van der Waals surface area (Å²) in [6.07, 6.45) is 3.78. The van der Waals surface area contributed by atoms with E-state index in [0.29, 0.717) is 0 Å². The van der Waals surface area contributed by atoms with Gasteiger partial charge in [-0.15, -0.1) is 10.2 Å². The Bertz CT molecular complexity index is 1010. The van der Waals surface area contributed by atoms with Crippen molar-refractivity contribution in [3.8, 4) is 11.3 Å². The average molecular weight is 429 g/mol. The maximum atomic E-state index is 13.4. The van der Waals surface area contributed by atoms with E-state index in [1.54, 1.807) is 0 Å². The Morgan fingerprint density at radius 3 is 2.34 bits per heavy atom. The van der Waals surface area contributed by atoms with Crippen LogP contribution in [-0.2, 0) is 4.79 Å². The van der Waals surface area contributed by atoms with E-state index >= 15 is 0 Å². The number of nitrogens with zero attached hydrogens (tertiary/aromatic N) is 4. The van der Waals surface area contributed by atoms with Crippen molar-refractivity contribution in [2.75, 3.05) is 29.4 Å². The summed E-state index contributed by atoms with van der Waals surface area (Å²) >= 11 is 0. The maximum Gasteiger partial charge on any atom is 0.230 e. The number of aryl methyl sites for hydroxylation is 1. The van der Waals surface area contributed by atoms with Gasteiger partial charge in [0.25, 0.3) is 0 Å². The molecule has 0 aliphatic carbocycles. The Morgan fingerprint density at radius 2 is 1.69 bits per heavy atom. The zero-order valence-corrected chi connectivity index (χ0v) is 19.1. The third kappa shape index (κ3) is 4.98. The van der Waals surface area contributed by atoms with Crippen LogP contribution < -0.4 is 9.80 Å². The molecule has 1 fully saturated rings. The number of amides is 1. The van der Waals surface area contributed by atoms with Gasteiger partial charge in [-0.3, -0.25) is 4.79 Å². The van der Waals surface area contributed by atoms with Crippen LogP contribution in [0, 0.1) is 12.8 Å². The molecule has 0 unspecified atom stereocenters. The van der Waals surface area contributed by atoms with Gasteiger partial charge >= 0.3 is 0 Å². The summed E-state index contributed by atoms with van der Waals surface area (Å²) in [4.78, 5) is 17.6. The Kier molecular flexibility index (Phi) is 7.15. The first-order valence-electron chi connectivity index (χ1n) is 11.7. The van der Waals surface area contributed by atoms with Gasteiger partial charge in [0.1, 0.15) is 0 Å². The van der Waals surface area contributed by atoms with Crippen molar-refractivity contribution in [1.82, 2.24) is 10.2 Å². The number of carbonyl (C=O) groups is 1. The van der Waals surface area contributed by atoms with Crippen molar-refractivity contribution in [2.24, 2.45) is 5.92 Å². The number of piperidine rings is 1. The molecule has 2 aromatic carbocycles. The smallest absolute Gasteiger partial charge is 0.230 e. The number of para-hydroxylation sites is 1. The molecule has 0 bridgehead atoms. The van der Waals surface area contributed by atoms with Gasteiger partial charge in [-0.25, -0.2) is 0 Å². The topological polar surface area (TPSA) is 49.3 Å². The van der Waals surface area contributed by atoms with Gasteiger partial charge in [-0.1, -0.05) is 55.8 Å². The number of hydrogen-bond donors (Lipinski definition) is 0. The minimum absolute atomic E-state index is 0.0579. The fourth-order valence-electron chi connectivity index (χ4n) is 4.36. The molecule has 4 rings (SSSR count). The van der Waals surface area contributed by atoms with Crippen molar-refractivity contribution in [3.63, 3.8) is 0 Å². The second kappa shape index (κ2) is 10.4. The van der Waals surface area contributed by atoms with E-state index in [4.69, 9.17) is 0 Å². The first-order chi connectivity index (χ1) is 15.7. The Balaban J connectivity index is 1.40. The molecular weight excluding hydrogens is 396 g/mol. The summed E-state index contributed by atoms with van der Waals surface area (Å²) in [5.74, 6) is 1.20. The largest absolute Gasteiger partial charge is 0.355 e. The van der Waals surface area contributed by atoms with E-state index in [9.17, 15) is 4.79 Å². The van der Waals surface area contributed by atoms with Crippen molar-refractivity contribution in [2.45, 2.75) is 39.5 Å². The lowest BCUT2D eigenvalue weighted by Gasteiger charge is -2.34. The van der Waals surface area contributed by atoms with Crippen molar-refractivity contribution < 1.29 is 4.79 Å². The Hall–Kier alpha value is -3.21.